The van der Waals surface area contributed by atoms with E-state index >= 15 is 0 Å². The van der Waals surface area contributed by atoms with Crippen molar-refractivity contribution in [1.29, 1.82) is 0 Å². The second kappa shape index (κ2) is 8.84. The monoisotopic (exact) mass is 497 g/mol. The number of nitrogens with one attached hydrogen (secondary N) is 1. The number of hydrogen-bond donors (Lipinski definition) is 4. The topological polar surface area (TPSA) is 142 Å². The Morgan fingerprint density at radius 2 is 2.03 bits per heavy atom. The molecule has 4 atom stereocenters. The van der Waals surface area contributed by atoms with Gasteiger partial charge in [0.2, 0.25) is 10.0 Å². The van der Waals surface area contributed by atoms with Gasteiger partial charge in [-0.1, -0.05) is 18.5 Å². The van der Waals surface area contributed by atoms with Gasteiger partial charge in [-0.15, -0.1) is 0 Å². The predicted octanol–water partition coefficient (Wildman–Crippen LogP) is 1.78. The molecule has 0 aromatic heterocycles. The van der Waals surface area contributed by atoms with Crippen molar-refractivity contribution in [2.45, 2.75) is 48.9 Å². The van der Waals surface area contributed by atoms with Crippen LogP contribution in [0.2, 0.25) is 5.02 Å². The van der Waals surface area contributed by atoms with Crippen LogP contribution in [0.5, 0.6) is 0 Å². The minimum atomic E-state index is -4.55. The van der Waals surface area contributed by atoms with Gasteiger partial charge < -0.3 is 24.8 Å². The van der Waals surface area contributed by atoms with Crippen molar-refractivity contribution >= 4 is 33.3 Å². The molecular formula is C19H22ClF2NO8S. The first kappa shape index (κ1) is 24.8. The van der Waals surface area contributed by atoms with E-state index < -0.39 is 79.9 Å². The molecule has 1 aliphatic heterocycles. The fraction of sp³-hybridized carbons (Fsp3) is 0.526. The molecule has 2 unspecified atom stereocenters. The van der Waals surface area contributed by atoms with Gasteiger partial charge in [-0.2, -0.15) is 0 Å². The number of halogens is 3. The molecule has 0 saturated carbocycles. The van der Waals surface area contributed by atoms with Gasteiger partial charge in [0.25, 0.3) is 0 Å². The van der Waals surface area contributed by atoms with Crippen molar-refractivity contribution in [3.63, 3.8) is 0 Å². The number of carboxylic acids is 1. The lowest BCUT2D eigenvalue weighted by molar-refractivity contribution is -0.171. The smallest absolute Gasteiger partial charge is 0.332 e. The highest BCUT2D eigenvalue weighted by Crippen LogP contribution is 2.46. The molecule has 1 aromatic rings. The van der Waals surface area contributed by atoms with Gasteiger partial charge in [0.1, 0.15) is 28.5 Å². The number of carboxylic acid groups (broad SMARTS) is 1. The zero-order valence-electron chi connectivity index (χ0n) is 16.8. The number of carbonyl (C=O) groups is 1. The number of benzene rings is 1. The normalized spacial score (nSPS) is 30.4. The maximum absolute atomic E-state index is 14.1. The first-order valence-electron chi connectivity index (χ1n) is 9.64. The average molecular weight is 498 g/mol. The SMILES string of the molecule is CC[C@]1(CO)OC2(C=C(C(=O)O)C(S(=O)(=O)Nc3c(F)cc(F)cc3Cl)CC2)O[C@@H]1CO. The summed E-state index contributed by atoms with van der Waals surface area (Å²) in [6, 6.07) is 1.14. The van der Waals surface area contributed by atoms with E-state index in [0.717, 1.165) is 6.08 Å². The molecule has 1 heterocycles. The van der Waals surface area contributed by atoms with Crippen molar-refractivity contribution in [3.8, 4) is 0 Å². The Morgan fingerprint density at radius 1 is 1.34 bits per heavy atom. The zero-order chi connectivity index (χ0) is 23.9. The Balaban J connectivity index is 1.98. The van der Waals surface area contributed by atoms with Crippen molar-refractivity contribution < 1.29 is 46.8 Å². The van der Waals surface area contributed by atoms with Crippen molar-refractivity contribution in [1.82, 2.24) is 0 Å². The van der Waals surface area contributed by atoms with Gasteiger partial charge in [-0.3, -0.25) is 4.72 Å². The Kier molecular flexibility index (Phi) is 6.85. The summed E-state index contributed by atoms with van der Waals surface area (Å²) in [6.45, 7) is 0.653. The lowest BCUT2D eigenvalue weighted by Crippen LogP contribution is -2.46. The van der Waals surface area contributed by atoms with Crippen LogP contribution in [0.4, 0.5) is 14.5 Å². The molecule has 1 saturated heterocycles. The molecule has 32 heavy (non-hydrogen) atoms. The van der Waals surface area contributed by atoms with Crippen LogP contribution in [0.3, 0.4) is 0 Å². The van der Waals surface area contributed by atoms with Crippen LogP contribution in [-0.4, -0.2) is 65.7 Å². The van der Waals surface area contributed by atoms with E-state index in [2.05, 4.69) is 0 Å². The number of sulfonamides is 1. The van der Waals surface area contributed by atoms with Crippen molar-refractivity contribution in [3.05, 3.63) is 40.4 Å². The van der Waals surface area contributed by atoms with Crippen LogP contribution in [0, 0.1) is 11.6 Å². The molecule has 3 rings (SSSR count). The van der Waals surface area contributed by atoms with Gasteiger partial charge in [-0.25, -0.2) is 22.0 Å². The highest BCUT2D eigenvalue weighted by atomic mass is 35.5. The van der Waals surface area contributed by atoms with Crippen LogP contribution < -0.4 is 4.72 Å². The van der Waals surface area contributed by atoms with Crippen LogP contribution in [-0.2, 0) is 24.3 Å². The van der Waals surface area contributed by atoms with Crippen LogP contribution >= 0.6 is 11.6 Å². The number of aliphatic hydroxyl groups excluding tert-OH is 2. The summed E-state index contributed by atoms with van der Waals surface area (Å²) in [6.07, 6.45) is -0.189. The third-order valence-electron chi connectivity index (χ3n) is 5.69. The van der Waals surface area contributed by atoms with E-state index in [9.17, 15) is 37.3 Å². The van der Waals surface area contributed by atoms with E-state index in [-0.39, 0.29) is 19.3 Å². The van der Waals surface area contributed by atoms with E-state index in [1.54, 1.807) is 6.92 Å². The Labute approximate surface area is 187 Å². The average Bonchev–Trinajstić information content (AvgIpc) is 3.04. The highest BCUT2D eigenvalue weighted by molar-refractivity contribution is 7.93. The number of aliphatic carboxylic acids is 1. The minimum absolute atomic E-state index is 0.132. The standard InChI is InChI=1S/C19H22ClF2NO8S/c1-2-18(9-25)15(8-24)30-19(31-18)4-3-14(11(7-19)17(26)27)32(28,29)23-16-12(20)5-10(21)6-13(16)22/h5-7,14-15,23-25H,2-4,8-9H2,1H3,(H,26,27)/t14?,15-,18-,19?/m1/s1. The number of anilines is 1. The molecule has 1 spiro atoms. The molecule has 13 heteroatoms. The highest BCUT2D eigenvalue weighted by Gasteiger charge is 2.57. The summed E-state index contributed by atoms with van der Waals surface area (Å²) in [5, 5.41) is 26.9. The van der Waals surface area contributed by atoms with Gasteiger partial charge in [0.05, 0.1) is 23.8 Å². The summed E-state index contributed by atoms with van der Waals surface area (Å²) in [5.74, 6) is -5.55. The van der Waals surface area contributed by atoms with Crippen molar-refractivity contribution in [2.24, 2.45) is 0 Å². The quantitative estimate of drug-likeness (QED) is 0.446. The lowest BCUT2D eigenvalue weighted by Gasteiger charge is -2.34. The summed E-state index contributed by atoms with van der Waals surface area (Å²) in [4.78, 5) is 11.9. The lowest BCUT2D eigenvalue weighted by atomic mass is 9.93. The minimum Gasteiger partial charge on any atom is -0.478 e. The molecular weight excluding hydrogens is 476 g/mol. The van der Waals surface area contributed by atoms with Gasteiger partial charge in [0.15, 0.2) is 11.6 Å². The van der Waals surface area contributed by atoms with Gasteiger partial charge in [-0.05, 0) is 25.0 Å². The molecule has 0 bridgehead atoms. The van der Waals surface area contributed by atoms with Crippen LogP contribution in [0.25, 0.3) is 0 Å². The number of rotatable bonds is 7. The zero-order valence-corrected chi connectivity index (χ0v) is 18.4. The van der Waals surface area contributed by atoms with E-state index in [0.29, 0.717) is 12.1 Å². The number of ether oxygens (including phenoxy) is 2. The second-order valence-corrected chi connectivity index (χ2v) is 9.87. The first-order chi connectivity index (χ1) is 14.9. The van der Waals surface area contributed by atoms with Crippen LogP contribution in [0.15, 0.2) is 23.8 Å². The molecule has 178 valence electrons. The Morgan fingerprint density at radius 3 is 2.53 bits per heavy atom. The van der Waals surface area contributed by atoms with Gasteiger partial charge >= 0.3 is 5.97 Å². The second-order valence-electron chi connectivity index (χ2n) is 7.60. The molecule has 1 aliphatic carbocycles. The molecule has 0 amide bonds. The molecule has 4 N–H and O–H groups in total. The molecule has 1 aromatic carbocycles. The maximum atomic E-state index is 14.1. The van der Waals surface area contributed by atoms with E-state index in [1.165, 1.54) is 0 Å². The molecule has 2 aliphatic rings. The van der Waals surface area contributed by atoms with E-state index in [1.807, 2.05) is 4.72 Å². The predicted molar refractivity (Wildman–Crippen MR) is 109 cm³/mol. The first-order valence-corrected chi connectivity index (χ1v) is 11.6. The summed E-state index contributed by atoms with van der Waals surface area (Å²) in [5.41, 5.74) is -2.62. The summed E-state index contributed by atoms with van der Waals surface area (Å²) < 4.78 is 66.7. The number of aliphatic hydroxyl groups is 2. The molecule has 0 radical (unpaired) electrons. The molecule has 1 fully saturated rings. The Bertz CT molecular complexity index is 1020. The maximum Gasteiger partial charge on any atom is 0.332 e. The summed E-state index contributed by atoms with van der Waals surface area (Å²) in [7, 11) is -4.55. The summed E-state index contributed by atoms with van der Waals surface area (Å²) >= 11 is 5.75. The third kappa shape index (κ3) is 4.35. The van der Waals surface area contributed by atoms with Crippen LogP contribution in [0.1, 0.15) is 26.2 Å². The fourth-order valence-electron chi connectivity index (χ4n) is 3.97. The third-order valence-corrected chi connectivity index (χ3v) is 7.71. The molecule has 9 nitrogen and oxygen atoms in total. The number of hydrogen-bond acceptors (Lipinski definition) is 7. The van der Waals surface area contributed by atoms with Gasteiger partial charge in [0, 0.05) is 12.5 Å². The van der Waals surface area contributed by atoms with E-state index in [4.69, 9.17) is 21.1 Å². The van der Waals surface area contributed by atoms with Crippen molar-refractivity contribution in [2.75, 3.05) is 17.9 Å². The fourth-order valence-corrected chi connectivity index (χ4v) is 5.83. The largest absolute Gasteiger partial charge is 0.478 e. The Hall–Kier alpha value is -1.83.